The lowest BCUT2D eigenvalue weighted by molar-refractivity contribution is 0.183. The summed E-state index contributed by atoms with van der Waals surface area (Å²) in [5.74, 6) is -0.285. The minimum Gasteiger partial charge on any atom is -0.507 e. The van der Waals surface area contributed by atoms with Gasteiger partial charge >= 0.3 is 0 Å². The van der Waals surface area contributed by atoms with Gasteiger partial charge in [0.25, 0.3) is 5.56 Å². The van der Waals surface area contributed by atoms with Crippen molar-refractivity contribution in [1.29, 1.82) is 0 Å². The molecule has 0 unspecified atom stereocenters. The van der Waals surface area contributed by atoms with Crippen LogP contribution in [0.5, 0.6) is 5.75 Å². The van der Waals surface area contributed by atoms with Gasteiger partial charge in [-0.2, -0.15) is 0 Å². The lowest BCUT2D eigenvalue weighted by Gasteiger charge is -2.35. The van der Waals surface area contributed by atoms with Crippen molar-refractivity contribution < 1.29 is 9.50 Å². The average molecular weight is 344 g/mol. The lowest BCUT2D eigenvalue weighted by atomic mass is 9.94. The van der Waals surface area contributed by atoms with Crippen molar-refractivity contribution in [2.24, 2.45) is 0 Å². The van der Waals surface area contributed by atoms with E-state index in [4.69, 9.17) is 0 Å². The third-order valence-electron chi connectivity index (χ3n) is 5.05. The molecule has 1 aromatic carbocycles. The van der Waals surface area contributed by atoms with Crippen LogP contribution < -0.4 is 5.56 Å². The van der Waals surface area contributed by atoms with Crippen molar-refractivity contribution in [1.82, 2.24) is 9.47 Å². The molecule has 1 saturated heterocycles. The number of aryl methyl sites for hydroxylation is 1. The molecule has 4 nitrogen and oxygen atoms in total. The van der Waals surface area contributed by atoms with Gasteiger partial charge in [-0.05, 0) is 63.5 Å². The first-order valence-corrected chi connectivity index (χ1v) is 8.95. The molecule has 5 heteroatoms. The quantitative estimate of drug-likeness (QED) is 0.922. The Balaban J connectivity index is 2.18. The topological polar surface area (TPSA) is 45.5 Å². The predicted molar refractivity (Wildman–Crippen MR) is 96.4 cm³/mol. The largest absolute Gasteiger partial charge is 0.507 e. The van der Waals surface area contributed by atoms with E-state index in [0.717, 1.165) is 37.2 Å². The molecule has 134 valence electrons. The normalized spacial score (nSPS) is 16.8. The van der Waals surface area contributed by atoms with Crippen molar-refractivity contribution in [2.75, 3.05) is 13.1 Å². The number of benzene rings is 1. The predicted octanol–water partition coefficient (Wildman–Crippen LogP) is 3.60. The summed E-state index contributed by atoms with van der Waals surface area (Å²) >= 11 is 0. The van der Waals surface area contributed by atoms with Crippen LogP contribution in [0.2, 0.25) is 0 Å². The standard InChI is InChI=1S/C20H25FN2O2/c1-3-23-14(2)13-17(24)18(20(23)25)19(22-11-5-4-6-12-22)15-7-9-16(21)10-8-15/h7-10,13,19,24H,3-6,11-12H2,1-2H3/t19-/m0/s1. The summed E-state index contributed by atoms with van der Waals surface area (Å²) in [6, 6.07) is 7.55. The molecule has 1 atom stereocenters. The molecule has 1 aromatic heterocycles. The summed E-state index contributed by atoms with van der Waals surface area (Å²) in [6.45, 7) is 6.02. The second kappa shape index (κ2) is 7.40. The van der Waals surface area contributed by atoms with Gasteiger partial charge in [-0.25, -0.2) is 4.39 Å². The Hall–Kier alpha value is -2.14. The number of hydrogen-bond acceptors (Lipinski definition) is 3. The summed E-state index contributed by atoms with van der Waals surface area (Å²) in [5, 5.41) is 10.6. The van der Waals surface area contributed by atoms with Crippen LogP contribution in [-0.4, -0.2) is 27.7 Å². The minimum atomic E-state index is -0.355. The average Bonchev–Trinajstić information content (AvgIpc) is 2.60. The van der Waals surface area contributed by atoms with Crippen LogP contribution >= 0.6 is 0 Å². The Morgan fingerprint density at radius 3 is 2.40 bits per heavy atom. The van der Waals surface area contributed by atoms with Crippen molar-refractivity contribution >= 4 is 0 Å². The summed E-state index contributed by atoms with van der Waals surface area (Å²) < 4.78 is 15.1. The fourth-order valence-corrected chi connectivity index (χ4v) is 3.80. The number of aromatic nitrogens is 1. The van der Waals surface area contributed by atoms with E-state index < -0.39 is 0 Å². The molecule has 0 aliphatic carbocycles. The van der Waals surface area contributed by atoms with Gasteiger partial charge in [-0.15, -0.1) is 0 Å². The van der Waals surface area contributed by atoms with Gasteiger partial charge in [0.1, 0.15) is 11.6 Å². The molecule has 0 radical (unpaired) electrons. The number of likely N-dealkylation sites (tertiary alicyclic amines) is 1. The number of hydrogen-bond donors (Lipinski definition) is 1. The first-order chi connectivity index (χ1) is 12.0. The number of pyridine rings is 1. The van der Waals surface area contributed by atoms with Crippen LogP contribution in [0.15, 0.2) is 35.1 Å². The molecule has 0 amide bonds. The second-order valence-electron chi connectivity index (χ2n) is 6.68. The number of aromatic hydroxyl groups is 1. The molecule has 1 aliphatic rings. The second-order valence-corrected chi connectivity index (χ2v) is 6.68. The van der Waals surface area contributed by atoms with Gasteiger partial charge < -0.3 is 9.67 Å². The molecule has 0 bridgehead atoms. The summed E-state index contributed by atoms with van der Waals surface area (Å²) in [7, 11) is 0. The van der Waals surface area contributed by atoms with E-state index in [1.54, 1.807) is 22.8 Å². The van der Waals surface area contributed by atoms with E-state index in [9.17, 15) is 14.3 Å². The van der Waals surface area contributed by atoms with Crippen LogP contribution in [0.3, 0.4) is 0 Å². The van der Waals surface area contributed by atoms with E-state index in [1.165, 1.54) is 18.6 Å². The number of nitrogens with zero attached hydrogens (tertiary/aromatic N) is 2. The highest BCUT2D eigenvalue weighted by Crippen LogP contribution is 2.34. The molecule has 2 heterocycles. The highest BCUT2D eigenvalue weighted by Gasteiger charge is 2.29. The van der Waals surface area contributed by atoms with E-state index in [0.29, 0.717) is 12.1 Å². The summed E-state index contributed by atoms with van der Waals surface area (Å²) in [5.41, 5.74) is 1.80. The van der Waals surface area contributed by atoms with E-state index in [-0.39, 0.29) is 23.2 Å². The number of rotatable bonds is 4. The number of piperidine rings is 1. The molecule has 0 saturated carbocycles. The molecule has 1 N–H and O–H groups in total. The monoisotopic (exact) mass is 344 g/mol. The fourth-order valence-electron chi connectivity index (χ4n) is 3.80. The van der Waals surface area contributed by atoms with E-state index in [1.807, 2.05) is 13.8 Å². The van der Waals surface area contributed by atoms with Crippen LogP contribution in [0, 0.1) is 12.7 Å². The Morgan fingerprint density at radius 2 is 1.80 bits per heavy atom. The van der Waals surface area contributed by atoms with Gasteiger partial charge in [0.15, 0.2) is 0 Å². The highest BCUT2D eigenvalue weighted by atomic mass is 19.1. The van der Waals surface area contributed by atoms with E-state index >= 15 is 0 Å². The first-order valence-electron chi connectivity index (χ1n) is 8.95. The van der Waals surface area contributed by atoms with Crippen LogP contribution in [0.4, 0.5) is 4.39 Å². The zero-order valence-corrected chi connectivity index (χ0v) is 14.8. The maximum Gasteiger partial charge on any atom is 0.259 e. The maximum atomic E-state index is 13.4. The van der Waals surface area contributed by atoms with Gasteiger partial charge in [-0.1, -0.05) is 18.6 Å². The highest BCUT2D eigenvalue weighted by molar-refractivity contribution is 5.41. The lowest BCUT2D eigenvalue weighted by Crippen LogP contribution is -2.38. The van der Waals surface area contributed by atoms with Crippen molar-refractivity contribution in [3.05, 3.63) is 63.3 Å². The summed E-state index contributed by atoms with van der Waals surface area (Å²) in [4.78, 5) is 15.3. The molecular weight excluding hydrogens is 319 g/mol. The van der Waals surface area contributed by atoms with Gasteiger partial charge in [0.2, 0.25) is 0 Å². The molecule has 2 aromatic rings. The zero-order valence-electron chi connectivity index (χ0n) is 14.8. The van der Waals surface area contributed by atoms with Crippen molar-refractivity contribution in [3.63, 3.8) is 0 Å². The zero-order chi connectivity index (χ0) is 18.0. The van der Waals surface area contributed by atoms with Gasteiger partial charge in [0, 0.05) is 12.2 Å². The molecule has 3 rings (SSSR count). The smallest absolute Gasteiger partial charge is 0.259 e. The minimum absolute atomic E-state index is 0.0205. The Morgan fingerprint density at radius 1 is 1.16 bits per heavy atom. The Labute approximate surface area is 147 Å². The number of halogens is 1. The fraction of sp³-hybridized carbons (Fsp3) is 0.450. The van der Waals surface area contributed by atoms with Gasteiger partial charge in [-0.3, -0.25) is 9.69 Å². The van der Waals surface area contributed by atoms with Crippen molar-refractivity contribution in [3.8, 4) is 5.75 Å². The van der Waals surface area contributed by atoms with Crippen LogP contribution in [-0.2, 0) is 6.54 Å². The Bertz CT molecular complexity index is 793. The maximum absolute atomic E-state index is 13.4. The molecule has 1 fully saturated rings. The van der Waals surface area contributed by atoms with Gasteiger partial charge in [0.05, 0.1) is 11.6 Å². The SMILES string of the molecule is CCn1c(C)cc(O)c([C@H](c2ccc(F)cc2)N2CCCCC2)c1=O. The van der Waals surface area contributed by atoms with Crippen LogP contribution in [0.1, 0.15) is 49.0 Å². The first kappa shape index (κ1) is 17.7. The molecule has 0 spiro atoms. The third kappa shape index (κ3) is 3.47. The molecule has 25 heavy (non-hydrogen) atoms. The Kier molecular flexibility index (Phi) is 5.23. The molecule has 1 aliphatic heterocycles. The third-order valence-corrected chi connectivity index (χ3v) is 5.05. The van der Waals surface area contributed by atoms with Crippen molar-refractivity contribution in [2.45, 2.75) is 45.7 Å². The molecular formula is C20H25FN2O2. The van der Waals surface area contributed by atoms with E-state index in [2.05, 4.69) is 4.90 Å². The van der Waals surface area contributed by atoms with Crippen LogP contribution in [0.25, 0.3) is 0 Å². The summed E-state index contributed by atoms with van der Waals surface area (Å²) in [6.07, 6.45) is 3.30.